The van der Waals surface area contributed by atoms with Gasteiger partial charge in [-0.05, 0) is 20.8 Å². The zero-order valence-electron chi connectivity index (χ0n) is 11.6. The molecule has 1 fully saturated rings. The second-order valence-electron chi connectivity index (χ2n) is 5.60. The van der Waals surface area contributed by atoms with Gasteiger partial charge in [0.05, 0.1) is 12.7 Å². The van der Waals surface area contributed by atoms with E-state index in [1.54, 1.807) is 12.0 Å². The number of aliphatic hydroxyl groups is 1. The summed E-state index contributed by atoms with van der Waals surface area (Å²) in [6, 6.07) is 0.226. The highest BCUT2D eigenvalue weighted by Gasteiger charge is 2.33. The largest absolute Gasteiger partial charge is 0.444 e. The highest BCUT2D eigenvalue weighted by molar-refractivity contribution is 5.69. The van der Waals surface area contributed by atoms with Crippen molar-refractivity contribution in [2.24, 2.45) is 0 Å². The molecule has 1 amide bonds. The van der Waals surface area contributed by atoms with E-state index in [9.17, 15) is 9.90 Å². The van der Waals surface area contributed by atoms with Crippen LogP contribution >= 0.6 is 0 Å². The van der Waals surface area contributed by atoms with E-state index in [0.717, 1.165) is 0 Å². The van der Waals surface area contributed by atoms with Gasteiger partial charge >= 0.3 is 6.09 Å². The van der Waals surface area contributed by atoms with Crippen molar-refractivity contribution in [3.8, 4) is 0 Å². The van der Waals surface area contributed by atoms with Gasteiger partial charge in [0, 0.05) is 32.8 Å². The predicted molar refractivity (Wildman–Crippen MR) is 67.5 cm³/mol. The summed E-state index contributed by atoms with van der Waals surface area (Å²) < 4.78 is 10.1. The molecule has 0 aromatic carbocycles. The van der Waals surface area contributed by atoms with Crippen molar-refractivity contribution in [2.75, 3.05) is 33.4 Å². The number of nitrogens with zero attached hydrogens (tertiary/aromatic N) is 1. The minimum absolute atomic E-state index is 0.226. The van der Waals surface area contributed by atoms with Crippen LogP contribution in [0.3, 0.4) is 0 Å². The van der Waals surface area contributed by atoms with Crippen LogP contribution in [0.4, 0.5) is 4.79 Å². The van der Waals surface area contributed by atoms with E-state index in [-0.39, 0.29) is 12.1 Å². The molecule has 18 heavy (non-hydrogen) atoms. The average molecular weight is 260 g/mol. The van der Waals surface area contributed by atoms with Gasteiger partial charge in [-0.1, -0.05) is 0 Å². The van der Waals surface area contributed by atoms with Crippen LogP contribution in [0.5, 0.6) is 0 Å². The van der Waals surface area contributed by atoms with Crippen LogP contribution in [0.2, 0.25) is 0 Å². The topological polar surface area (TPSA) is 71.0 Å². The van der Waals surface area contributed by atoms with Crippen LogP contribution in [-0.2, 0) is 9.47 Å². The Morgan fingerprint density at radius 3 is 2.61 bits per heavy atom. The number of likely N-dealkylation sites (tertiary alicyclic amines) is 1. The van der Waals surface area contributed by atoms with Crippen molar-refractivity contribution in [1.82, 2.24) is 10.2 Å². The van der Waals surface area contributed by atoms with E-state index in [1.807, 2.05) is 20.8 Å². The van der Waals surface area contributed by atoms with Crippen LogP contribution in [0.15, 0.2) is 0 Å². The summed E-state index contributed by atoms with van der Waals surface area (Å²) in [5.74, 6) is 0. The summed E-state index contributed by atoms with van der Waals surface area (Å²) in [4.78, 5) is 13.3. The fourth-order valence-corrected chi connectivity index (χ4v) is 1.64. The Bertz CT molecular complexity index is 272. The van der Waals surface area contributed by atoms with E-state index < -0.39 is 11.7 Å². The second-order valence-corrected chi connectivity index (χ2v) is 5.60. The molecular formula is C12H24N2O4. The normalized spacial score (nSPS) is 18.4. The molecule has 0 aromatic heterocycles. The molecule has 6 nitrogen and oxygen atoms in total. The maximum Gasteiger partial charge on any atom is 0.410 e. The fourth-order valence-electron chi connectivity index (χ4n) is 1.64. The van der Waals surface area contributed by atoms with Crippen molar-refractivity contribution in [3.05, 3.63) is 0 Å². The number of aliphatic hydroxyl groups excluding tert-OH is 1. The van der Waals surface area contributed by atoms with Gasteiger partial charge in [-0.2, -0.15) is 0 Å². The standard InChI is InChI=1S/C12H24N2O4/c1-12(2,3)18-11(16)14-6-9(7-14)13-5-10(15)8-17-4/h9-10,13,15H,5-8H2,1-4H3. The van der Waals surface area contributed by atoms with Crippen LogP contribution in [0, 0.1) is 0 Å². The molecule has 0 aliphatic carbocycles. The molecule has 1 aliphatic heterocycles. The molecule has 1 saturated heterocycles. The SMILES string of the molecule is COCC(O)CNC1CN(C(=O)OC(C)(C)C)C1. The molecule has 0 spiro atoms. The van der Waals surface area contributed by atoms with Crippen molar-refractivity contribution in [3.63, 3.8) is 0 Å². The summed E-state index contributed by atoms with van der Waals surface area (Å²) in [7, 11) is 1.55. The van der Waals surface area contributed by atoms with Crippen molar-refractivity contribution in [2.45, 2.75) is 38.5 Å². The number of methoxy groups -OCH3 is 1. The lowest BCUT2D eigenvalue weighted by Crippen LogP contribution is -2.61. The first-order chi connectivity index (χ1) is 8.31. The Morgan fingerprint density at radius 1 is 1.50 bits per heavy atom. The van der Waals surface area contributed by atoms with Gasteiger partial charge in [0.1, 0.15) is 5.60 Å². The van der Waals surface area contributed by atoms with Gasteiger partial charge in [-0.25, -0.2) is 4.79 Å². The van der Waals surface area contributed by atoms with Gasteiger partial charge in [0.25, 0.3) is 0 Å². The predicted octanol–water partition coefficient (Wildman–Crippen LogP) is 0.203. The molecule has 1 rings (SSSR count). The number of carbonyl (C=O) groups excluding carboxylic acids is 1. The first-order valence-electron chi connectivity index (χ1n) is 6.20. The third-order valence-corrected chi connectivity index (χ3v) is 2.53. The van der Waals surface area contributed by atoms with Gasteiger partial charge in [-0.15, -0.1) is 0 Å². The van der Waals surface area contributed by atoms with Crippen LogP contribution in [-0.4, -0.2) is 67.2 Å². The Hall–Kier alpha value is -0.850. The number of hydrogen-bond donors (Lipinski definition) is 2. The van der Waals surface area contributed by atoms with Crippen molar-refractivity contribution < 1.29 is 19.4 Å². The monoisotopic (exact) mass is 260 g/mol. The van der Waals surface area contributed by atoms with Gasteiger partial charge in [-0.3, -0.25) is 0 Å². The van der Waals surface area contributed by atoms with Gasteiger partial charge in [0.2, 0.25) is 0 Å². The summed E-state index contributed by atoms with van der Waals surface area (Å²) in [5, 5.41) is 12.6. The molecule has 1 heterocycles. The Kier molecular flexibility index (Phi) is 5.37. The number of rotatable bonds is 5. The maximum absolute atomic E-state index is 11.6. The molecule has 0 radical (unpaired) electrons. The molecular weight excluding hydrogens is 236 g/mol. The Labute approximate surface area is 108 Å². The van der Waals surface area contributed by atoms with E-state index >= 15 is 0 Å². The summed E-state index contributed by atoms with van der Waals surface area (Å²) in [6.45, 7) is 7.57. The van der Waals surface area contributed by atoms with Crippen LogP contribution < -0.4 is 5.32 Å². The lowest BCUT2D eigenvalue weighted by atomic mass is 10.1. The van der Waals surface area contributed by atoms with Crippen molar-refractivity contribution in [1.29, 1.82) is 0 Å². The zero-order valence-corrected chi connectivity index (χ0v) is 11.6. The molecule has 1 aliphatic rings. The average Bonchev–Trinajstić information content (AvgIpc) is 2.12. The molecule has 2 N–H and O–H groups in total. The molecule has 1 unspecified atom stereocenters. The van der Waals surface area contributed by atoms with Gasteiger partial charge in [0.15, 0.2) is 0 Å². The number of nitrogens with one attached hydrogen (secondary N) is 1. The van der Waals surface area contributed by atoms with E-state index in [0.29, 0.717) is 26.2 Å². The van der Waals surface area contributed by atoms with E-state index in [4.69, 9.17) is 9.47 Å². The van der Waals surface area contributed by atoms with E-state index in [2.05, 4.69) is 5.32 Å². The molecule has 106 valence electrons. The maximum atomic E-state index is 11.6. The third kappa shape index (κ3) is 5.20. The minimum Gasteiger partial charge on any atom is -0.444 e. The summed E-state index contributed by atoms with van der Waals surface area (Å²) in [6.07, 6.45) is -0.788. The third-order valence-electron chi connectivity index (χ3n) is 2.53. The molecule has 0 aromatic rings. The molecule has 1 atom stereocenters. The number of carbonyl (C=O) groups is 1. The minimum atomic E-state index is -0.509. The first-order valence-corrected chi connectivity index (χ1v) is 6.20. The Morgan fingerprint density at radius 2 is 2.11 bits per heavy atom. The lowest BCUT2D eigenvalue weighted by Gasteiger charge is -2.40. The fraction of sp³-hybridized carbons (Fsp3) is 0.917. The van der Waals surface area contributed by atoms with Crippen molar-refractivity contribution >= 4 is 6.09 Å². The lowest BCUT2D eigenvalue weighted by molar-refractivity contribution is 0.00260. The quantitative estimate of drug-likeness (QED) is 0.739. The summed E-state index contributed by atoms with van der Waals surface area (Å²) in [5.41, 5.74) is -0.454. The smallest absolute Gasteiger partial charge is 0.410 e. The molecule has 0 saturated carbocycles. The van der Waals surface area contributed by atoms with Gasteiger partial charge < -0.3 is 24.8 Å². The number of hydrogen-bond acceptors (Lipinski definition) is 5. The second kappa shape index (κ2) is 6.36. The number of amides is 1. The molecule has 0 bridgehead atoms. The summed E-state index contributed by atoms with van der Waals surface area (Å²) >= 11 is 0. The van der Waals surface area contributed by atoms with E-state index in [1.165, 1.54) is 0 Å². The highest BCUT2D eigenvalue weighted by Crippen LogP contribution is 2.15. The first kappa shape index (κ1) is 15.2. The zero-order chi connectivity index (χ0) is 13.8. The number of ether oxygens (including phenoxy) is 2. The molecule has 6 heteroatoms. The van der Waals surface area contributed by atoms with Crippen LogP contribution in [0.25, 0.3) is 0 Å². The highest BCUT2D eigenvalue weighted by atomic mass is 16.6. The van der Waals surface area contributed by atoms with Crippen LogP contribution in [0.1, 0.15) is 20.8 Å². The Balaban J connectivity index is 2.14.